The van der Waals surface area contributed by atoms with E-state index in [1.54, 1.807) is 0 Å². The standard InChI is InChI=1S/C19H30N2/c1-14(2)9-8-10-15(3)20-13-19-16(4)17-11-6-7-12-18(17)21(19)5/h6-7,11-12,14-15,20H,8-10,13H2,1-5H3. The quantitative estimate of drug-likeness (QED) is 0.774. The predicted octanol–water partition coefficient (Wildman–Crippen LogP) is 4.79. The number of benzene rings is 1. The molecule has 0 aliphatic rings. The second kappa shape index (κ2) is 7.13. The van der Waals surface area contributed by atoms with Crippen LogP contribution in [0.1, 0.15) is 51.3 Å². The third-order valence-electron chi connectivity index (χ3n) is 4.54. The van der Waals surface area contributed by atoms with E-state index in [9.17, 15) is 0 Å². The van der Waals surface area contributed by atoms with Crippen LogP contribution < -0.4 is 5.32 Å². The van der Waals surface area contributed by atoms with Crippen LogP contribution in [0.25, 0.3) is 10.9 Å². The summed E-state index contributed by atoms with van der Waals surface area (Å²) in [5.74, 6) is 0.817. The van der Waals surface area contributed by atoms with Crippen molar-refractivity contribution < 1.29 is 0 Å². The summed E-state index contributed by atoms with van der Waals surface area (Å²) in [4.78, 5) is 0. The molecule has 1 N–H and O–H groups in total. The summed E-state index contributed by atoms with van der Waals surface area (Å²) in [6, 6.07) is 9.26. The van der Waals surface area contributed by atoms with Gasteiger partial charge in [0.05, 0.1) is 0 Å². The summed E-state index contributed by atoms with van der Waals surface area (Å²) < 4.78 is 2.33. The molecule has 1 heterocycles. The molecule has 2 heteroatoms. The van der Waals surface area contributed by atoms with Gasteiger partial charge in [-0.3, -0.25) is 0 Å². The number of aromatic nitrogens is 1. The largest absolute Gasteiger partial charge is 0.346 e. The number of aryl methyl sites for hydroxylation is 2. The van der Waals surface area contributed by atoms with Gasteiger partial charge in [0, 0.05) is 36.2 Å². The van der Waals surface area contributed by atoms with E-state index in [-0.39, 0.29) is 0 Å². The molecule has 0 aliphatic carbocycles. The van der Waals surface area contributed by atoms with Gasteiger partial charge in [-0.15, -0.1) is 0 Å². The van der Waals surface area contributed by atoms with Crippen molar-refractivity contribution >= 4 is 10.9 Å². The minimum atomic E-state index is 0.584. The molecule has 1 aromatic heterocycles. The Kier molecular flexibility index (Phi) is 5.46. The van der Waals surface area contributed by atoms with Gasteiger partial charge >= 0.3 is 0 Å². The van der Waals surface area contributed by atoms with Gasteiger partial charge in [0.25, 0.3) is 0 Å². The van der Waals surface area contributed by atoms with Crippen molar-refractivity contribution in [1.29, 1.82) is 0 Å². The van der Waals surface area contributed by atoms with E-state index >= 15 is 0 Å². The van der Waals surface area contributed by atoms with Crippen molar-refractivity contribution in [3.8, 4) is 0 Å². The summed E-state index contributed by atoms with van der Waals surface area (Å²) in [5.41, 5.74) is 4.15. The SMILES string of the molecule is Cc1c(CNC(C)CCCC(C)C)n(C)c2ccccc12. The van der Waals surface area contributed by atoms with Crippen molar-refractivity contribution in [3.05, 3.63) is 35.5 Å². The second-order valence-corrected chi connectivity index (χ2v) is 6.75. The van der Waals surface area contributed by atoms with Gasteiger partial charge in [0.2, 0.25) is 0 Å². The molecule has 1 unspecified atom stereocenters. The first kappa shape index (κ1) is 16.1. The fraction of sp³-hybridized carbons (Fsp3) is 0.579. The number of hydrogen-bond acceptors (Lipinski definition) is 1. The van der Waals surface area contributed by atoms with E-state index in [1.165, 1.54) is 41.4 Å². The van der Waals surface area contributed by atoms with Crippen molar-refractivity contribution in [1.82, 2.24) is 9.88 Å². The van der Waals surface area contributed by atoms with Crippen LogP contribution in [-0.4, -0.2) is 10.6 Å². The summed E-state index contributed by atoms with van der Waals surface area (Å²) in [5, 5.41) is 5.07. The maximum absolute atomic E-state index is 3.69. The number of fused-ring (bicyclic) bond motifs is 1. The summed E-state index contributed by atoms with van der Waals surface area (Å²) in [6.45, 7) is 10.1. The Morgan fingerprint density at radius 3 is 2.48 bits per heavy atom. The van der Waals surface area contributed by atoms with Crippen molar-refractivity contribution in [2.75, 3.05) is 0 Å². The van der Waals surface area contributed by atoms with E-state index < -0.39 is 0 Å². The molecule has 0 aliphatic heterocycles. The first-order chi connectivity index (χ1) is 10.0. The number of nitrogens with zero attached hydrogens (tertiary/aromatic N) is 1. The van der Waals surface area contributed by atoms with E-state index in [0.29, 0.717) is 6.04 Å². The molecule has 0 saturated heterocycles. The highest BCUT2D eigenvalue weighted by molar-refractivity contribution is 5.85. The Labute approximate surface area is 129 Å². The highest BCUT2D eigenvalue weighted by Crippen LogP contribution is 2.24. The molecular formula is C19H30N2. The fourth-order valence-electron chi connectivity index (χ4n) is 3.09. The predicted molar refractivity (Wildman–Crippen MR) is 92.6 cm³/mol. The Bertz CT molecular complexity index is 542. The molecule has 0 radical (unpaired) electrons. The minimum absolute atomic E-state index is 0.584. The lowest BCUT2D eigenvalue weighted by Crippen LogP contribution is -2.26. The Hall–Kier alpha value is -1.28. The van der Waals surface area contributed by atoms with Gasteiger partial charge in [-0.2, -0.15) is 0 Å². The lowest BCUT2D eigenvalue weighted by Gasteiger charge is -2.15. The lowest BCUT2D eigenvalue weighted by molar-refractivity contribution is 0.453. The Morgan fingerprint density at radius 2 is 1.81 bits per heavy atom. The number of hydrogen-bond donors (Lipinski definition) is 1. The molecular weight excluding hydrogens is 256 g/mol. The van der Waals surface area contributed by atoms with E-state index in [0.717, 1.165) is 12.5 Å². The third-order valence-corrected chi connectivity index (χ3v) is 4.54. The zero-order valence-electron chi connectivity index (χ0n) is 14.2. The maximum atomic E-state index is 3.69. The number of nitrogens with one attached hydrogen (secondary N) is 1. The maximum Gasteiger partial charge on any atom is 0.0483 e. The van der Waals surface area contributed by atoms with Crippen molar-refractivity contribution in [3.63, 3.8) is 0 Å². The van der Waals surface area contributed by atoms with Gasteiger partial charge in [0.1, 0.15) is 0 Å². The minimum Gasteiger partial charge on any atom is -0.346 e. The van der Waals surface area contributed by atoms with Crippen LogP contribution in [0.3, 0.4) is 0 Å². The molecule has 116 valence electrons. The van der Waals surface area contributed by atoms with Crippen LogP contribution in [0.2, 0.25) is 0 Å². The summed E-state index contributed by atoms with van der Waals surface area (Å²) in [7, 11) is 2.18. The highest BCUT2D eigenvalue weighted by Gasteiger charge is 2.11. The Balaban J connectivity index is 1.97. The monoisotopic (exact) mass is 286 g/mol. The van der Waals surface area contributed by atoms with Gasteiger partial charge in [-0.1, -0.05) is 44.9 Å². The molecule has 0 spiro atoms. The average Bonchev–Trinajstić information content (AvgIpc) is 2.69. The topological polar surface area (TPSA) is 17.0 Å². The van der Waals surface area contributed by atoms with E-state index in [2.05, 4.69) is 68.9 Å². The number of para-hydroxylation sites is 1. The molecule has 2 nitrogen and oxygen atoms in total. The molecule has 2 rings (SSSR count). The summed E-state index contributed by atoms with van der Waals surface area (Å²) in [6.07, 6.45) is 3.92. The zero-order valence-corrected chi connectivity index (χ0v) is 14.2. The van der Waals surface area contributed by atoms with Crippen LogP contribution in [0.5, 0.6) is 0 Å². The van der Waals surface area contributed by atoms with Crippen molar-refractivity contribution in [2.45, 2.75) is 59.5 Å². The van der Waals surface area contributed by atoms with Crippen LogP contribution in [-0.2, 0) is 13.6 Å². The molecule has 1 aromatic carbocycles. The van der Waals surface area contributed by atoms with Crippen molar-refractivity contribution in [2.24, 2.45) is 13.0 Å². The van der Waals surface area contributed by atoms with Crippen LogP contribution in [0.4, 0.5) is 0 Å². The highest BCUT2D eigenvalue weighted by atomic mass is 15.0. The lowest BCUT2D eigenvalue weighted by atomic mass is 10.0. The number of rotatable bonds is 7. The smallest absolute Gasteiger partial charge is 0.0483 e. The molecule has 0 saturated carbocycles. The molecule has 0 amide bonds. The first-order valence-corrected chi connectivity index (χ1v) is 8.27. The van der Waals surface area contributed by atoms with Crippen LogP contribution in [0.15, 0.2) is 24.3 Å². The fourth-order valence-corrected chi connectivity index (χ4v) is 3.09. The molecule has 0 bridgehead atoms. The third kappa shape index (κ3) is 3.88. The molecule has 2 aromatic rings. The van der Waals surface area contributed by atoms with Gasteiger partial charge in [0.15, 0.2) is 0 Å². The van der Waals surface area contributed by atoms with E-state index in [4.69, 9.17) is 0 Å². The van der Waals surface area contributed by atoms with Crippen LogP contribution in [0, 0.1) is 12.8 Å². The second-order valence-electron chi connectivity index (χ2n) is 6.75. The average molecular weight is 286 g/mol. The first-order valence-electron chi connectivity index (χ1n) is 8.27. The van der Waals surface area contributed by atoms with Gasteiger partial charge in [-0.05, 0) is 37.8 Å². The summed E-state index contributed by atoms with van der Waals surface area (Å²) >= 11 is 0. The molecule has 21 heavy (non-hydrogen) atoms. The Morgan fingerprint density at radius 1 is 1.10 bits per heavy atom. The normalized spacial score (nSPS) is 13.2. The van der Waals surface area contributed by atoms with E-state index in [1.807, 2.05) is 0 Å². The molecule has 1 atom stereocenters. The molecule has 0 fully saturated rings. The van der Waals surface area contributed by atoms with Gasteiger partial charge in [-0.25, -0.2) is 0 Å². The zero-order chi connectivity index (χ0) is 15.4. The van der Waals surface area contributed by atoms with Gasteiger partial charge < -0.3 is 9.88 Å². The van der Waals surface area contributed by atoms with Crippen LogP contribution >= 0.6 is 0 Å².